The maximum atomic E-state index is 13.5. The Hall–Kier alpha value is -1.62. The summed E-state index contributed by atoms with van der Waals surface area (Å²) < 4.78 is 18.2. The van der Waals surface area contributed by atoms with Gasteiger partial charge in [-0.15, -0.1) is 0 Å². The molecule has 0 bridgehead atoms. The molecule has 0 unspecified atom stereocenters. The highest BCUT2D eigenvalue weighted by molar-refractivity contribution is 5.87. The molecule has 0 aliphatic carbocycles. The van der Waals surface area contributed by atoms with Crippen molar-refractivity contribution in [2.24, 2.45) is 0 Å². The van der Waals surface area contributed by atoms with Crippen LogP contribution < -0.4 is 4.90 Å². The first-order valence-corrected chi connectivity index (χ1v) is 5.41. The zero-order valence-corrected chi connectivity index (χ0v) is 9.73. The van der Waals surface area contributed by atoms with Gasteiger partial charge in [-0.05, 0) is 25.0 Å². The normalized spacial score (nSPS) is 10.1. The lowest BCUT2D eigenvalue weighted by atomic mass is 10.2. The van der Waals surface area contributed by atoms with Gasteiger partial charge in [0.15, 0.2) is 0 Å². The van der Waals surface area contributed by atoms with Crippen LogP contribution in [0.4, 0.5) is 14.9 Å². The van der Waals surface area contributed by atoms with Crippen LogP contribution in [-0.2, 0) is 4.74 Å². The molecule has 0 fully saturated rings. The second-order valence-electron chi connectivity index (χ2n) is 3.50. The summed E-state index contributed by atoms with van der Waals surface area (Å²) in [5, 5.41) is 8.69. The highest BCUT2D eigenvalue weighted by Crippen LogP contribution is 2.19. The Morgan fingerprint density at radius 1 is 1.41 bits per heavy atom. The largest absolute Gasteiger partial charge is 0.452 e. The highest BCUT2D eigenvalue weighted by atomic mass is 19.1. The Morgan fingerprint density at radius 3 is 2.71 bits per heavy atom. The molecule has 1 amide bonds. The van der Waals surface area contributed by atoms with E-state index in [2.05, 4.69) is 4.74 Å². The van der Waals surface area contributed by atoms with E-state index in [1.54, 1.807) is 12.1 Å². The van der Waals surface area contributed by atoms with Gasteiger partial charge in [-0.1, -0.05) is 12.1 Å². The summed E-state index contributed by atoms with van der Waals surface area (Å²) >= 11 is 0. The van der Waals surface area contributed by atoms with Crippen LogP contribution in [0.25, 0.3) is 0 Å². The number of anilines is 1. The summed E-state index contributed by atoms with van der Waals surface area (Å²) in [4.78, 5) is 12.8. The monoisotopic (exact) mass is 241 g/mol. The summed E-state index contributed by atoms with van der Waals surface area (Å²) in [6, 6.07) is 6.02. The molecular weight excluding hydrogens is 225 g/mol. The second-order valence-corrected chi connectivity index (χ2v) is 3.50. The predicted molar refractivity (Wildman–Crippen MR) is 62.5 cm³/mol. The van der Waals surface area contributed by atoms with Crippen molar-refractivity contribution in [1.82, 2.24) is 0 Å². The third-order valence-corrected chi connectivity index (χ3v) is 2.33. The van der Waals surface area contributed by atoms with E-state index in [4.69, 9.17) is 5.11 Å². The molecule has 0 spiro atoms. The topological polar surface area (TPSA) is 49.8 Å². The minimum atomic E-state index is -0.604. The van der Waals surface area contributed by atoms with Crippen molar-refractivity contribution in [3.05, 3.63) is 30.1 Å². The molecule has 17 heavy (non-hydrogen) atoms. The molecule has 94 valence electrons. The molecule has 0 aliphatic heterocycles. The van der Waals surface area contributed by atoms with Gasteiger partial charge in [-0.3, -0.25) is 4.90 Å². The summed E-state index contributed by atoms with van der Waals surface area (Å²) in [5.74, 6) is -0.470. The lowest BCUT2D eigenvalue weighted by Crippen LogP contribution is -2.32. The Bertz CT molecular complexity index is 371. The molecule has 1 rings (SSSR count). The Morgan fingerprint density at radius 2 is 2.12 bits per heavy atom. The zero-order valence-electron chi connectivity index (χ0n) is 9.73. The molecule has 0 saturated heterocycles. The number of carbonyl (C=O) groups is 1. The summed E-state index contributed by atoms with van der Waals surface area (Å²) in [7, 11) is 1.25. The quantitative estimate of drug-likeness (QED) is 0.804. The van der Waals surface area contributed by atoms with E-state index in [0.29, 0.717) is 19.4 Å². The van der Waals surface area contributed by atoms with Gasteiger partial charge in [0.2, 0.25) is 0 Å². The number of hydrogen-bond donors (Lipinski definition) is 1. The Kier molecular flexibility index (Phi) is 5.42. The van der Waals surface area contributed by atoms with Gasteiger partial charge >= 0.3 is 6.09 Å². The number of methoxy groups -OCH3 is 1. The molecule has 5 heteroatoms. The number of aliphatic hydroxyl groups excluding tert-OH is 1. The standard InChI is InChI=1S/C12H16FNO3/c1-17-12(16)14(8-4-5-9-15)11-7-3-2-6-10(11)13/h2-3,6-7,15H,4-5,8-9H2,1H3. The minimum absolute atomic E-state index is 0.0479. The van der Waals surface area contributed by atoms with E-state index in [9.17, 15) is 9.18 Å². The minimum Gasteiger partial charge on any atom is -0.452 e. The van der Waals surface area contributed by atoms with E-state index >= 15 is 0 Å². The van der Waals surface area contributed by atoms with E-state index in [1.165, 1.54) is 24.1 Å². The van der Waals surface area contributed by atoms with Gasteiger partial charge in [0.05, 0.1) is 12.8 Å². The number of amides is 1. The average Bonchev–Trinajstić information content (AvgIpc) is 2.35. The predicted octanol–water partition coefficient (Wildman–Crippen LogP) is 2.17. The number of nitrogens with zero attached hydrogens (tertiary/aromatic N) is 1. The van der Waals surface area contributed by atoms with Gasteiger partial charge in [0, 0.05) is 13.2 Å². The van der Waals surface area contributed by atoms with Crippen LogP contribution >= 0.6 is 0 Å². The fraction of sp³-hybridized carbons (Fsp3) is 0.417. The van der Waals surface area contributed by atoms with Crippen LogP contribution in [-0.4, -0.2) is 31.5 Å². The summed E-state index contributed by atoms with van der Waals surface area (Å²) in [6.07, 6.45) is 0.537. The van der Waals surface area contributed by atoms with E-state index in [1.807, 2.05) is 0 Å². The van der Waals surface area contributed by atoms with Gasteiger partial charge < -0.3 is 9.84 Å². The maximum Gasteiger partial charge on any atom is 0.414 e. The van der Waals surface area contributed by atoms with Crippen LogP contribution in [0, 0.1) is 5.82 Å². The summed E-state index contributed by atoms with van der Waals surface area (Å²) in [6.45, 7) is 0.362. The maximum absolute atomic E-state index is 13.5. The summed E-state index contributed by atoms with van der Waals surface area (Å²) in [5.41, 5.74) is 0.192. The number of aliphatic hydroxyl groups is 1. The number of halogens is 1. The van der Waals surface area contributed by atoms with Crippen LogP contribution in [0.15, 0.2) is 24.3 Å². The zero-order chi connectivity index (χ0) is 12.7. The third-order valence-electron chi connectivity index (χ3n) is 2.33. The molecule has 0 radical (unpaired) electrons. The molecule has 0 aliphatic rings. The number of rotatable bonds is 5. The van der Waals surface area contributed by atoms with Crippen molar-refractivity contribution in [2.45, 2.75) is 12.8 Å². The first-order chi connectivity index (χ1) is 8.20. The number of para-hydroxylation sites is 1. The SMILES string of the molecule is COC(=O)N(CCCCO)c1ccccc1F. The fourth-order valence-electron chi connectivity index (χ4n) is 1.47. The van der Waals surface area contributed by atoms with Gasteiger partial charge in [-0.25, -0.2) is 9.18 Å². The fourth-order valence-corrected chi connectivity index (χ4v) is 1.47. The van der Waals surface area contributed by atoms with Crippen molar-refractivity contribution >= 4 is 11.8 Å². The average molecular weight is 241 g/mol. The molecule has 1 N–H and O–H groups in total. The first kappa shape index (κ1) is 13.4. The van der Waals surface area contributed by atoms with Gasteiger partial charge in [0.25, 0.3) is 0 Å². The van der Waals surface area contributed by atoms with Crippen LogP contribution in [0.2, 0.25) is 0 Å². The molecular formula is C12H16FNO3. The van der Waals surface area contributed by atoms with Gasteiger partial charge in [0.1, 0.15) is 5.82 Å². The van der Waals surface area contributed by atoms with Crippen molar-refractivity contribution < 1.29 is 19.0 Å². The number of unbranched alkanes of at least 4 members (excludes halogenated alkanes) is 1. The number of ether oxygens (including phenoxy) is 1. The molecule has 0 aromatic heterocycles. The second kappa shape index (κ2) is 6.85. The van der Waals surface area contributed by atoms with Crippen molar-refractivity contribution in [2.75, 3.05) is 25.2 Å². The Labute approximate surface area is 99.6 Å². The van der Waals surface area contributed by atoms with Crippen molar-refractivity contribution in [3.8, 4) is 0 Å². The molecule has 1 aromatic carbocycles. The molecule has 0 atom stereocenters. The number of hydrogen-bond acceptors (Lipinski definition) is 3. The van der Waals surface area contributed by atoms with Crippen LogP contribution in [0.1, 0.15) is 12.8 Å². The molecule has 0 saturated carbocycles. The molecule has 0 heterocycles. The first-order valence-electron chi connectivity index (χ1n) is 5.41. The third kappa shape index (κ3) is 3.71. The van der Waals surface area contributed by atoms with Crippen molar-refractivity contribution in [1.29, 1.82) is 0 Å². The van der Waals surface area contributed by atoms with E-state index < -0.39 is 11.9 Å². The van der Waals surface area contributed by atoms with Crippen molar-refractivity contribution in [3.63, 3.8) is 0 Å². The lowest BCUT2D eigenvalue weighted by molar-refractivity contribution is 0.178. The van der Waals surface area contributed by atoms with E-state index in [-0.39, 0.29) is 12.3 Å². The van der Waals surface area contributed by atoms with Gasteiger partial charge in [-0.2, -0.15) is 0 Å². The Balaban J connectivity index is 2.82. The highest BCUT2D eigenvalue weighted by Gasteiger charge is 2.18. The van der Waals surface area contributed by atoms with E-state index in [0.717, 1.165) is 0 Å². The number of carbonyl (C=O) groups excluding carboxylic acids is 1. The van der Waals surface area contributed by atoms with Crippen LogP contribution in [0.3, 0.4) is 0 Å². The molecule has 1 aromatic rings. The number of benzene rings is 1. The smallest absolute Gasteiger partial charge is 0.414 e. The lowest BCUT2D eigenvalue weighted by Gasteiger charge is -2.21. The van der Waals surface area contributed by atoms with Crippen LogP contribution in [0.5, 0.6) is 0 Å². The molecule has 4 nitrogen and oxygen atoms in total.